The van der Waals surface area contributed by atoms with Crippen molar-refractivity contribution in [3.63, 3.8) is 0 Å². The van der Waals surface area contributed by atoms with E-state index in [1.807, 2.05) is 18.6 Å². The Morgan fingerprint density at radius 3 is 2.70 bits per heavy atom. The standard InChI is InChI=1S/C18H23N3O2/c1-2-17-18(23-10-9-22-17)11-16(1)13-20-6-3-15(4-7-20)12-21-8-5-19-14-21/h1-2,5,8,11,14-15H,3-4,6-7,9-10,12-13H2. The molecule has 0 amide bonds. The quantitative estimate of drug-likeness (QED) is 0.870. The molecule has 0 N–H and O–H groups in total. The highest BCUT2D eigenvalue weighted by atomic mass is 16.6. The monoisotopic (exact) mass is 313 g/mol. The van der Waals surface area contributed by atoms with Crippen LogP contribution < -0.4 is 9.47 Å². The molecule has 2 aliphatic rings. The van der Waals surface area contributed by atoms with Crippen LogP contribution in [-0.4, -0.2) is 40.8 Å². The average Bonchev–Trinajstić information content (AvgIpc) is 3.10. The number of hydrogen-bond donors (Lipinski definition) is 0. The molecule has 0 saturated carbocycles. The molecule has 1 aromatic heterocycles. The molecule has 2 aliphatic heterocycles. The van der Waals surface area contributed by atoms with E-state index in [1.165, 1.54) is 18.4 Å². The van der Waals surface area contributed by atoms with Gasteiger partial charge in [-0.05, 0) is 49.5 Å². The second-order valence-corrected chi connectivity index (χ2v) is 6.46. The van der Waals surface area contributed by atoms with Crippen molar-refractivity contribution >= 4 is 0 Å². The Balaban J connectivity index is 1.31. The van der Waals surface area contributed by atoms with Crippen molar-refractivity contribution < 1.29 is 9.47 Å². The van der Waals surface area contributed by atoms with Crippen LogP contribution in [0, 0.1) is 5.92 Å². The number of likely N-dealkylation sites (tertiary alicyclic amines) is 1. The van der Waals surface area contributed by atoms with Crippen LogP contribution in [0.4, 0.5) is 0 Å². The van der Waals surface area contributed by atoms with Crippen LogP contribution in [0.25, 0.3) is 0 Å². The summed E-state index contributed by atoms with van der Waals surface area (Å²) in [4.78, 5) is 6.66. The molecule has 4 rings (SSSR count). The van der Waals surface area contributed by atoms with Gasteiger partial charge < -0.3 is 14.0 Å². The Hall–Kier alpha value is -2.01. The predicted molar refractivity (Wildman–Crippen MR) is 87.7 cm³/mol. The van der Waals surface area contributed by atoms with Gasteiger partial charge in [0, 0.05) is 25.5 Å². The van der Waals surface area contributed by atoms with Crippen LogP contribution in [0.3, 0.4) is 0 Å². The van der Waals surface area contributed by atoms with E-state index < -0.39 is 0 Å². The van der Waals surface area contributed by atoms with Crippen molar-refractivity contribution in [3.8, 4) is 11.5 Å². The first-order valence-electron chi connectivity index (χ1n) is 8.43. The van der Waals surface area contributed by atoms with Crippen molar-refractivity contribution in [2.45, 2.75) is 25.9 Å². The fourth-order valence-corrected chi connectivity index (χ4v) is 3.46. The molecule has 0 unspecified atom stereocenters. The van der Waals surface area contributed by atoms with Gasteiger partial charge in [0.25, 0.3) is 0 Å². The predicted octanol–water partition coefficient (Wildman–Crippen LogP) is 2.57. The number of hydrogen-bond acceptors (Lipinski definition) is 4. The molecule has 1 aromatic carbocycles. The first-order chi connectivity index (χ1) is 11.4. The molecular weight excluding hydrogens is 290 g/mol. The minimum atomic E-state index is 0.649. The van der Waals surface area contributed by atoms with E-state index in [0.717, 1.165) is 43.6 Å². The third kappa shape index (κ3) is 3.50. The van der Waals surface area contributed by atoms with Crippen molar-refractivity contribution in [2.75, 3.05) is 26.3 Å². The van der Waals surface area contributed by atoms with Gasteiger partial charge in [-0.2, -0.15) is 0 Å². The molecular formula is C18H23N3O2. The summed E-state index contributed by atoms with van der Waals surface area (Å²) in [6, 6.07) is 6.33. The zero-order valence-electron chi connectivity index (χ0n) is 13.4. The van der Waals surface area contributed by atoms with Gasteiger partial charge in [0.15, 0.2) is 11.5 Å². The first-order valence-corrected chi connectivity index (χ1v) is 8.43. The summed E-state index contributed by atoms with van der Waals surface area (Å²) in [5.74, 6) is 2.53. The lowest BCUT2D eigenvalue weighted by molar-refractivity contribution is 0.163. The molecule has 5 heteroatoms. The highest BCUT2D eigenvalue weighted by Crippen LogP contribution is 2.31. The van der Waals surface area contributed by atoms with E-state index in [9.17, 15) is 0 Å². The van der Waals surface area contributed by atoms with Crippen LogP contribution >= 0.6 is 0 Å². The Bertz CT molecular complexity index is 634. The topological polar surface area (TPSA) is 39.5 Å². The summed E-state index contributed by atoms with van der Waals surface area (Å²) >= 11 is 0. The Kier molecular flexibility index (Phi) is 4.20. The van der Waals surface area contributed by atoms with Crippen LogP contribution in [0.1, 0.15) is 18.4 Å². The first kappa shape index (κ1) is 14.6. The number of nitrogens with zero attached hydrogens (tertiary/aromatic N) is 3. The van der Waals surface area contributed by atoms with Gasteiger partial charge in [0.2, 0.25) is 0 Å². The van der Waals surface area contributed by atoms with Crippen molar-refractivity contribution in [1.82, 2.24) is 14.5 Å². The number of piperidine rings is 1. The molecule has 1 fully saturated rings. The lowest BCUT2D eigenvalue weighted by Gasteiger charge is -2.32. The smallest absolute Gasteiger partial charge is 0.161 e. The number of aromatic nitrogens is 2. The van der Waals surface area contributed by atoms with Gasteiger partial charge in [-0.25, -0.2) is 4.98 Å². The molecule has 23 heavy (non-hydrogen) atoms. The van der Waals surface area contributed by atoms with Gasteiger partial charge in [-0.1, -0.05) is 6.07 Å². The fraction of sp³-hybridized carbons (Fsp3) is 0.500. The van der Waals surface area contributed by atoms with E-state index in [0.29, 0.717) is 13.2 Å². The van der Waals surface area contributed by atoms with E-state index in [2.05, 4.69) is 32.8 Å². The molecule has 0 bridgehead atoms. The second-order valence-electron chi connectivity index (χ2n) is 6.46. The zero-order valence-corrected chi connectivity index (χ0v) is 13.4. The lowest BCUT2D eigenvalue weighted by atomic mass is 9.96. The molecule has 0 spiro atoms. The van der Waals surface area contributed by atoms with Gasteiger partial charge in [-0.15, -0.1) is 0 Å². The Morgan fingerprint density at radius 1 is 1.09 bits per heavy atom. The molecule has 0 radical (unpaired) electrons. The molecule has 122 valence electrons. The maximum Gasteiger partial charge on any atom is 0.161 e. The van der Waals surface area contributed by atoms with Crippen LogP contribution in [-0.2, 0) is 13.1 Å². The Morgan fingerprint density at radius 2 is 1.91 bits per heavy atom. The van der Waals surface area contributed by atoms with Gasteiger partial charge >= 0.3 is 0 Å². The van der Waals surface area contributed by atoms with Crippen LogP contribution in [0.15, 0.2) is 36.9 Å². The van der Waals surface area contributed by atoms with E-state index in [-0.39, 0.29) is 0 Å². The van der Waals surface area contributed by atoms with Crippen LogP contribution in [0.5, 0.6) is 11.5 Å². The van der Waals surface area contributed by atoms with Crippen molar-refractivity contribution in [2.24, 2.45) is 5.92 Å². The Labute approximate surface area is 136 Å². The minimum Gasteiger partial charge on any atom is -0.486 e. The summed E-state index contributed by atoms with van der Waals surface area (Å²) in [5.41, 5.74) is 1.31. The normalized spacial score (nSPS) is 19.0. The molecule has 1 saturated heterocycles. The number of fused-ring (bicyclic) bond motifs is 1. The largest absolute Gasteiger partial charge is 0.486 e. The highest BCUT2D eigenvalue weighted by molar-refractivity contribution is 5.43. The molecule has 0 atom stereocenters. The third-order valence-electron chi connectivity index (χ3n) is 4.75. The molecule has 3 heterocycles. The molecule has 0 aliphatic carbocycles. The number of imidazole rings is 1. The maximum absolute atomic E-state index is 5.68. The SMILES string of the molecule is c1cn(CC2CCN(Cc3ccc4c(c3)OCCO4)CC2)cn1. The molecule has 5 nitrogen and oxygen atoms in total. The van der Waals surface area contributed by atoms with Gasteiger partial charge in [0.05, 0.1) is 6.33 Å². The summed E-state index contributed by atoms with van der Waals surface area (Å²) in [7, 11) is 0. The number of ether oxygens (including phenoxy) is 2. The van der Waals surface area contributed by atoms with Crippen LogP contribution in [0.2, 0.25) is 0 Å². The zero-order chi connectivity index (χ0) is 15.5. The van der Waals surface area contributed by atoms with E-state index in [4.69, 9.17) is 9.47 Å². The minimum absolute atomic E-state index is 0.649. The number of rotatable bonds is 4. The van der Waals surface area contributed by atoms with Crippen molar-refractivity contribution in [1.29, 1.82) is 0 Å². The van der Waals surface area contributed by atoms with E-state index in [1.54, 1.807) is 0 Å². The maximum atomic E-state index is 5.68. The van der Waals surface area contributed by atoms with Gasteiger partial charge in [-0.3, -0.25) is 4.90 Å². The highest BCUT2D eigenvalue weighted by Gasteiger charge is 2.20. The van der Waals surface area contributed by atoms with Crippen molar-refractivity contribution in [3.05, 3.63) is 42.5 Å². The van der Waals surface area contributed by atoms with E-state index >= 15 is 0 Å². The lowest BCUT2D eigenvalue weighted by Crippen LogP contribution is -2.34. The summed E-state index contributed by atoms with van der Waals surface area (Å²) < 4.78 is 13.5. The summed E-state index contributed by atoms with van der Waals surface area (Å²) in [6.07, 6.45) is 8.34. The second kappa shape index (κ2) is 6.62. The average molecular weight is 313 g/mol. The summed E-state index contributed by atoms with van der Waals surface area (Å²) in [6.45, 7) is 5.71. The fourth-order valence-electron chi connectivity index (χ4n) is 3.46. The number of benzene rings is 1. The summed E-state index contributed by atoms with van der Waals surface area (Å²) in [5, 5.41) is 0. The third-order valence-corrected chi connectivity index (χ3v) is 4.75. The van der Waals surface area contributed by atoms with Gasteiger partial charge in [0.1, 0.15) is 13.2 Å². The molecule has 2 aromatic rings.